The smallest absolute Gasteiger partial charge is 0.227 e. The van der Waals surface area contributed by atoms with Crippen LogP contribution in [0, 0.1) is 0 Å². The number of aromatic nitrogens is 1. The molecule has 0 aliphatic carbocycles. The van der Waals surface area contributed by atoms with Crippen LogP contribution in [-0.4, -0.2) is 42.1 Å². The average Bonchev–Trinajstić information content (AvgIpc) is 2.63. The van der Waals surface area contributed by atoms with Crippen molar-refractivity contribution >= 4 is 5.91 Å². The van der Waals surface area contributed by atoms with E-state index in [-0.39, 0.29) is 12.0 Å². The molecule has 5 nitrogen and oxygen atoms in total. The summed E-state index contributed by atoms with van der Waals surface area (Å²) < 4.78 is 11.3. The summed E-state index contributed by atoms with van der Waals surface area (Å²) >= 11 is 0. The number of methoxy groups -OCH3 is 1. The lowest BCUT2D eigenvalue weighted by Crippen LogP contribution is -2.42. The molecule has 1 amide bonds. The van der Waals surface area contributed by atoms with Crippen LogP contribution < -0.4 is 9.47 Å². The number of hydrogen-bond acceptors (Lipinski definition) is 4. The molecule has 0 saturated carbocycles. The van der Waals surface area contributed by atoms with E-state index in [1.165, 1.54) is 0 Å². The van der Waals surface area contributed by atoms with E-state index in [1.54, 1.807) is 19.5 Å². The maximum Gasteiger partial charge on any atom is 0.227 e. The minimum absolute atomic E-state index is 0.141. The number of hydrogen-bond donors (Lipinski definition) is 0. The highest BCUT2D eigenvalue weighted by atomic mass is 16.5. The summed E-state index contributed by atoms with van der Waals surface area (Å²) in [4.78, 5) is 18.4. The second kappa shape index (κ2) is 7.81. The highest BCUT2D eigenvalue weighted by Crippen LogP contribution is 2.21. The second-order valence-corrected chi connectivity index (χ2v) is 5.87. The Balaban J connectivity index is 1.52. The number of pyridine rings is 1. The molecule has 1 aromatic heterocycles. The van der Waals surface area contributed by atoms with Crippen LogP contribution >= 0.6 is 0 Å². The Kier molecular flexibility index (Phi) is 5.31. The van der Waals surface area contributed by atoms with Crippen molar-refractivity contribution in [2.75, 3.05) is 20.2 Å². The van der Waals surface area contributed by atoms with Gasteiger partial charge in [-0.25, -0.2) is 0 Å². The predicted octanol–water partition coefficient (Wildman–Crippen LogP) is 2.70. The topological polar surface area (TPSA) is 51.7 Å². The van der Waals surface area contributed by atoms with Crippen molar-refractivity contribution in [1.82, 2.24) is 9.88 Å². The Morgan fingerprint density at radius 3 is 2.58 bits per heavy atom. The molecule has 3 rings (SSSR count). The van der Waals surface area contributed by atoms with Gasteiger partial charge in [-0.1, -0.05) is 18.2 Å². The van der Waals surface area contributed by atoms with Gasteiger partial charge in [0.15, 0.2) is 0 Å². The van der Waals surface area contributed by atoms with Gasteiger partial charge in [0.05, 0.1) is 13.5 Å². The predicted molar refractivity (Wildman–Crippen MR) is 91.2 cm³/mol. The highest BCUT2D eigenvalue weighted by molar-refractivity contribution is 5.79. The van der Waals surface area contributed by atoms with Gasteiger partial charge in [0.25, 0.3) is 0 Å². The molecule has 5 heteroatoms. The molecule has 1 saturated heterocycles. The Morgan fingerprint density at radius 1 is 1.17 bits per heavy atom. The first-order valence-corrected chi connectivity index (χ1v) is 8.22. The van der Waals surface area contributed by atoms with Crippen LogP contribution in [0.15, 0.2) is 48.8 Å². The molecule has 126 valence electrons. The molecule has 0 atom stereocenters. The number of ether oxygens (including phenoxy) is 2. The number of nitrogens with zero attached hydrogens (tertiary/aromatic N) is 2. The summed E-state index contributed by atoms with van der Waals surface area (Å²) in [5.41, 5.74) is 0.931. The molecule has 1 fully saturated rings. The molecule has 0 spiro atoms. The first-order valence-electron chi connectivity index (χ1n) is 8.22. The van der Waals surface area contributed by atoms with Crippen molar-refractivity contribution in [3.63, 3.8) is 0 Å². The van der Waals surface area contributed by atoms with Crippen molar-refractivity contribution in [2.45, 2.75) is 25.4 Å². The largest absolute Gasteiger partial charge is 0.496 e. The van der Waals surface area contributed by atoms with Crippen molar-refractivity contribution in [3.05, 3.63) is 54.4 Å². The normalized spacial score (nSPS) is 15.1. The fourth-order valence-electron chi connectivity index (χ4n) is 2.96. The number of para-hydroxylation sites is 1. The van der Waals surface area contributed by atoms with Crippen molar-refractivity contribution in [1.29, 1.82) is 0 Å². The first-order chi connectivity index (χ1) is 11.8. The van der Waals surface area contributed by atoms with E-state index in [2.05, 4.69) is 4.98 Å². The first kappa shape index (κ1) is 16.3. The molecule has 1 aromatic carbocycles. The molecule has 2 heterocycles. The van der Waals surface area contributed by atoms with E-state index in [9.17, 15) is 4.79 Å². The maximum atomic E-state index is 12.5. The average molecular weight is 326 g/mol. The molecule has 24 heavy (non-hydrogen) atoms. The third-order valence-corrected chi connectivity index (χ3v) is 4.28. The number of rotatable bonds is 5. The van der Waals surface area contributed by atoms with Gasteiger partial charge < -0.3 is 14.4 Å². The monoisotopic (exact) mass is 326 g/mol. The second-order valence-electron chi connectivity index (χ2n) is 5.87. The Bertz CT molecular complexity index is 667. The molecule has 0 bridgehead atoms. The van der Waals surface area contributed by atoms with Gasteiger partial charge >= 0.3 is 0 Å². The molecule has 1 aliphatic rings. The zero-order valence-corrected chi connectivity index (χ0v) is 13.9. The van der Waals surface area contributed by atoms with Crippen LogP contribution in [0.4, 0.5) is 0 Å². The zero-order valence-electron chi connectivity index (χ0n) is 13.9. The van der Waals surface area contributed by atoms with Crippen LogP contribution in [-0.2, 0) is 11.2 Å². The fraction of sp³-hybridized carbons (Fsp3) is 0.368. The summed E-state index contributed by atoms with van der Waals surface area (Å²) in [6.45, 7) is 1.45. The van der Waals surface area contributed by atoms with Gasteiger partial charge in [-0.15, -0.1) is 0 Å². The fourth-order valence-corrected chi connectivity index (χ4v) is 2.96. The molecule has 0 N–H and O–H groups in total. The van der Waals surface area contributed by atoms with E-state index in [1.807, 2.05) is 41.3 Å². The number of amides is 1. The summed E-state index contributed by atoms with van der Waals surface area (Å²) in [5.74, 6) is 1.74. The highest BCUT2D eigenvalue weighted by Gasteiger charge is 2.24. The lowest BCUT2D eigenvalue weighted by molar-refractivity contribution is -0.132. The van der Waals surface area contributed by atoms with Gasteiger partial charge in [0, 0.05) is 43.9 Å². The van der Waals surface area contributed by atoms with Crippen molar-refractivity contribution in [3.8, 4) is 11.5 Å². The Hall–Kier alpha value is -2.56. The van der Waals surface area contributed by atoms with E-state index in [0.29, 0.717) is 6.42 Å². The Labute approximate surface area is 142 Å². The van der Waals surface area contributed by atoms with Gasteiger partial charge in [-0.3, -0.25) is 9.78 Å². The van der Waals surface area contributed by atoms with Crippen LogP contribution in [0.3, 0.4) is 0 Å². The van der Waals surface area contributed by atoms with Gasteiger partial charge in [0.1, 0.15) is 17.6 Å². The van der Waals surface area contributed by atoms with E-state index >= 15 is 0 Å². The molecule has 0 unspecified atom stereocenters. The lowest BCUT2D eigenvalue weighted by atomic mass is 10.1. The zero-order chi connectivity index (χ0) is 16.8. The summed E-state index contributed by atoms with van der Waals surface area (Å²) in [7, 11) is 1.63. The number of benzene rings is 1. The van der Waals surface area contributed by atoms with Crippen LogP contribution in [0.2, 0.25) is 0 Å². The minimum atomic E-state index is 0.141. The van der Waals surface area contributed by atoms with Crippen LogP contribution in [0.1, 0.15) is 18.4 Å². The molecule has 0 radical (unpaired) electrons. The molecule has 1 aliphatic heterocycles. The van der Waals surface area contributed by atoms with Crippen LogP contribution in [0.25, 0.3) is 0 Å². The third-order valence-electron chi connectivity index (χ3n) is 4.28. The third kappa shape index (κ3) is 4.04. The van der Waals surface area contributed by atoms with E-state index < -0.39 is 0 Å². The minimum Gasteiger partial charge on any atom is -0.496 e. The van der Waals surface area contributed by atoms with E-state index in [4.69, 9.17) is 9.47 Å². The standard InChI is InChI=1S/C19H22N2O3/c1-23-18-5-3-2-4-15(18)14-19(22)21-12-8-17(9-13-21)24-16-6-10-20-11-7-16/h2-7,10-11,17H,8-9,12-14H2,1H3. The molecular formula is C19H22N2O3. The van der Waals surface area contributed by atoms with Crippen LogP contribution in [0.5, 0.6) is 11.5 Å². The lowest BCUT2D eigenvalue weighted by Gasteiger charge is -2.32. The number of carbonyl (C=O) groups is 1. The van der Waals surface area contributed by atoms with Gasteiger partial charge in [-0.2, -0.15) is 0 Å². The maximum absolute atomic E-state index is 12.5. The van der Waals surface area contributed by atoms with E-state index in [0.717, 1.165) is 43.0 Å². The summed E-state index contributed by atoms with van der Waals surface area (Å²) in [6, 6.07) is 11.4. The SMILES string of the molecule is COc1ccccc1CC(=O)N1CCC(Oc2ccncc2)CC1. The quantitative estimate of drug-likeness (QED) is 0.848. The van der Waals surface area contributed by atoms with Gasteiger partial charge in [-0.05, 0) is 18.2 Å². The summed E-state index contributed by atoms with van der Waals surface area (Å²) in [5, 5.41) is 0. The van der Waals surface area contributed by atoms with Crippen molar-refractivity contribution < 1.29 is 14.3 Å². The molecular weight excluding hydrogens is 304 g/mol. The Morgan fingerprint density at radius 2 is 1.88 bits per heavy atom. The van der Waals surface area contributed by atoms with Crippen molar-refractivity contribution in [2.24, 2.45) is 0 Å². The number of likely N-dealkylation sites (tertiary alicyclic amines) is 1. The van der Waals surface area contributed by atoms with Gasteiger partial charge in [0.2, 0.25) is 5.91 Å². The molecule has 2 aromatic rings. The number of piperidine rings is 1. The summed E-state index contributed by atoms with van der Waals surface area (Å²) in [6.07, 6.45) is 5.67. The number of carbonyl (C=O) groups excluding carboxylic acids is 1.